The summed E-state index contributed by atoms with van der Waals surface area (Å²) in [6.45, 7) is 1.87. The van der Waals surface area contributed by atoms with Crippen molar-refractivity contribution in [2.24, 2.45) is 0 Å². The molecule has 0 bridgehead atoms. The van der Waals surface area contributed by atoms with Gasteiger partial charge in [0.15, 0.2) is 0 Å². The number of amides is 1. The molecule has 3 N–H and O–H groups in total. The van der Waals surface area contributed by atoms with E-state index in [4.69, 9.17) is 0 Å². The van der Waals surface area contributed by atoms with E-state index in [1.165, 1.54) is 0 Å². The molecule has 0 saturated carbocycles. The number of aliphatic hydroxyl groups excluding tert-OH is 2. The minimum Gasteiger partial charge on any atom is -0.394 e. The lowest BCUT2D eigenvalue weighted by Crippen LogP contribution is -2.61. The summed E-state index contributed by atoms with van der Waals surface area (Å²) >= 11 is 0. The molecule has 0 radical (unpaired) electrons. The molecular weight excluding hydrogens is 196 g/mol. The van der Waals surface area contributed by atoms with Gasteiger partial charge in [0.25, 0.3) is 0 Å². The quantitative estimate of drug-likeness (QED) is 0.560. The zero-order chi connectivity index (χ0) is 11.5. The maximum Gasteiger partial charge on any atom is 0.240 e. The fourth-order valence-electron chi connectivity index (χ4n) is 1.90. The van der Waals surface area contributed by atoms with E-state index < -0.39 is 5.54 Å². The maximum absolute atomic E-state index is 12.0. The Labute approximate surface area is 90.1 Å². The molecule has 1 heterocycles. The second-order valence-corrected chi connectivity index (χ2v) is 4.29. The monoisotopic (exact) mass is 216 g/mol. The first-order valence-electron chi connectivity index (χ1n) is 5.29. The minimum absolute atomic E-state index is 0.0330. The Hall–Kier alpha value is -0.650. The van der Waals surface area contributed by atoms with Crippen molar-refractivity contribution in [3.63, 3.8) is 0 Å². The van der Waals surface area contributed by atoms with Gasteiger partial charge in [-0.05, 0) is 26.8 Å². The Morgan fingerprint density at radius 3 is 2.60 bits per heavy atom. The first-order chi connectivity index (χ1) is 7.09. The van der Waals surface area contributed by atoms with E-state index in [1.54, 1.807) is 18.9 Å². The highest BCUT2D eigenvalue weighted by molar-refractivity contribution is 5.83. The Kier molecular flexibility index (Phi) is 4.07. The summed E-state index contributed by atoms with van der Waals surface area (Å²) in [5.74, 6) is -0.0330. The molecule has 1 fully saturated rings. The summed E-state index contributed by atoms with van der Waals surface area (Å²) in [5, 5.41) is 21.4. The van der Waals surface area contributed by atoms with E-state index in [-0.39, 0.29) is 25.2 Å². The lowest BCUT2D eigenvalue weighted by Gasteiger charge is -2.43. The van der Waals surface area contributed by atoms with Crippen LogP contribution in [-0.4, -0.2) is 59.4 Å². The summed E-state index contributed by atoms with van der Waals surface area (Å²) in [5.41, 5.74) is -0.841. The lowest BCUT2D eigenvalue weighted by molar-refractivity contribution is -0.146. The summed E-state index contributed by atoms with van der Waals surface area (Å²) in [6.07, 6.45) is 1.71. The number of nitrogens with zero attached hydrogens (tertiary/aromatic N) is 1. The molecule has 5 nitrogen and oxygen atoms in total. The van der Waals surface area contributed by atoms with E-state index in [0.717, 1.165) is 12.8 Å². The molecule has 88 valence electrons. The summed E-state index contributed by atoms with van der Waals surface area (Å²) < 4.78 is 0. The van der Waals surface area contributed by atoms with Crippen molar-refractivity contribution in [1.82, 2.24) is 10.2 Å². The number of rotatable bonds is 4. The van der Waals surface area contributed by atoms with Crippen molar-refractivity contribution in [2.75, 3.05) is 26.8 Å². The van der Waals surface area contributed by atoms with E-state index in [2.05, 4.69) is 5.32 Å². The molecule has 0 aromatic rings. The third kappa shape index (κ3) is 2.30. The molecule has 1 unspecified atom stereocenters. The highest BCUT2D eigenvalue weighted by atomic mass is 16.3. The highest BCUT2D eigenvalue weighted by Gasteiger charge is 2.39. The maximum atomic E-state index is 12.0. The number of hydrogen-bond donors (Lipinski definition) is 3. The molecule has 5 heteroatoms. The molecule has 1 amide bonds. The van der Waals surface area contributed by atoms with E-state index in [0.29, 0.717) is 6.54 Å². The molecule has 15 heavy (non-hydrogen) atoms. The standard InChI is InChI=1S/C10H20N2O3/c1-10(6-13,7-14)12-5-3-4-8(11-2)9(12)15/h8,11,13-14H,3-7H2,1-2H3. The number of carbonyl (C=O) groups excluding carboxylic acids is 1. The number of carbonyl (C=O) groups is 1. The second kappa shape index (κ2) is 4.92. The van der Waals surface area contributed by atoms with Gasteiger partial charge in [0.2, 0.25) is 5.91 Å². The predicted molar refractivity (Wildman–Crippen MR) is 56.4 cm³/mol. The zero-order valence-electron chi connectivity index (χ0n) is 9.36. The van der Waals surface area contributed by atoms with Gasteiger partial charge in [-0.15, -0.1) is 0 Å². The van der Waals surface area contributed by atoms with Gasteiger partial charge in [0.05, 0.1) is 24.8 Å². The van der Waals surface area contributed by atoms with Crippen LogP contribution in [0.2, 0.25) is 0 Å². The van der Waals surface area contributed by atoms with Crippen LogP contribution >= 0.6 is 0 Å². The van der Waals surface area contributed by atoms with Crippen molar-refractivity contribution in [2.45, 2.75) is 31.3 Å². The van der Waals surface area contributed by atoms with Crippen LogP contribution in [0.5, 0.6) is 0 Å². The Morgan fingerprint density at radius 2 is 2.13 bits per heavy atom. The summed E-state index contributed by atoms with van der Waals surface area (Å²) in [4.78, 5) is 13.5. The smallest absolute Gasteiger partial charge is 0.240 e. The van der Waals surface area contributed by atoms with Gasteiger partial charge in [0.1, 0.15) is 0 Å². The van der Waals surface area contributed by atoms with Gasteiger partial charge in [-0.25, -0.2) is 0 Å². The molecule has 1 aliphatic rings. The summed E-state index contributed by atoms with van der Waals surface area (Å²) in [6, 6.07) is -0.184. The van der Waals surface area contributed by atoms with Crippen molar-refractivity contribution in [3.8, 4) is 0 Å². The molecule has 1 saturated heterocycles. The topological polar surface area (TPSA) is 72.8 Å². The van der Waals surface area contributed by atoms with Crippen LogP contribution in [0.25, 0.3) is 0 Å². The highest BCUT2D eigenvalue weighted by Crippen LogP contribution is 2.21. The van der Waals surface area contributed by atoms with Crippen molar-refractivity contribution in [3.05, 3.63) is 0 Å². The van der Waals surface area contributed by atoms with Gasteiger partial charge >= 0.3 is 0 Å². The first-order valence-corrected chi connectivity index (χ1v) is 5.29. The normalized spacial score (nSPS) is 23.3. The number of likely N-dealkylation sites (tertiary alicyclic amines) is 1. The van der Waals surface area contributed by atoms with Crippen molar-refractivity contribution < 1.29 is 15.0 Å². The molecular formula is C10H20N2O3. The number of hydrogen-bond acceptors (Lipinski definition) is 4. The number of aliphatic hydroxyl groups is 2. The molecule has 0 aliphatic carbocycles. The molecule has 0 aromatic heterocycles. The van der Waals surface area contributed by atoms with Crippen LogP contribution in [0.3, 0.4) is 0 Å². The van der Waals surface area contributed by atoms with Crippen molar-refractivity contribution in [1.29, 1.82) is 0 Å². The molecule has 1 atom stereocenters. The van der Waals surface area contributed by atoms with E-state index >= 15 is 0 Å². The van der Waals surface area contributed by atoms with E-state index in [1.807, 2.05) is 0 Å². The molecule has 1 aliphatic heterocycles. The average molecular weight is 216 g/mol. The molecule has 0 aromatic carbocycles. The minimum atomic E-state index is -0.841. The predicted octanol–water partition coefficient (Wildman–Crippen LogP) is -1.06. The van der Waals surface area contributed by atoms with Gasteiger partial charge in [-0.3, -0.25) is 4.79 Å². The lowest BCUT2D eigenvalue weighted by atomic mass is 9.95. The van der Waals surface area contributed by atoms with Crippen LogP contribution < -0.4 is 5.32 Å². The second-order valence-electron chi connectivity index (χ2n) is 4.29. The molecule has 0 spiro atoms. The number of piperidine rings is 1. The summed E-state index contributed by atoms with van der Waals surface area (Å²) in [7, 11) is 1.75. The van der Waals surface area contributed by atoms with E-state index in [9.17, 15) is 15.0 Å². The first kappa shape index (κ1) is 12.4. The third-order valence-electron chi connectivity index (χ3n) is 3.12. The van der Waals surface area contributed by atoms with Crippen LogP contribution in [0.1, 0.15) is 19.8 Å². The zero-order valence-corrected chi connectivity index (χ0v) is 9.36. The van der Waals surface area contributed by atoms with Gasteiger partial charge in [-0.1, -0.05) is 0 Å². The van der Waals surface area contributed by atoms with Crippen LogP contribution in [0.15, 0.2) is 0 Å². The van der Waals surface area contributed by atoms with Crippen molar-refractivity contribution >= 4 is 5.91 Å². The fourth-order valence-corrected chi connectivity index (χ4v) is 1.90. The Balaban J connectivity index is 2.80. The number of nitrogens with one attached hydrogen (secondary N) is 1. The number of likely N-dealkylation sites (N-methyl/N-ethyl adjacent to an activating group) is 1. The van der Waals surface area contributed by atoms with Gasteiger partial charge < -0.3 is 20.4 Å². The van der Waals surface area contributed by atoms with Crippen LogP contribution in [0, 0.1) is 0 Å². The van der Waals surface area contributed by atoms with Gasteiger partial charge in [0, 0.05) is 6.54 Å². The fraction of sp³-hybridized carbons (Fsp3) is 0.900. The largest absolute Gasteiger partial charge is 0.394 e. The van der Waals surface area contributed by atoms with Gasteiger partial charge in [-0.2, -0.15) is 0 Å². The Bertz CT molecular complexity index is 229. The SMILES string of the molecule is CNC1CCCN(C(C)(CO)CO)C1=O. The third-order valence-corrected chi connectivity index (χ3v) is 3.12. The average Bonchev–Trinajstić information content (AvgIpc) is 2.28. The van der Waals surface area contributed by atoms with Crippen LogP contribution in [0.4, 0.5) is 0 Å². The Morgan fingerprint density at radius 1 is 1.53 bits per heavy atom. The van der Waals surface area contributed by atoms with Crippen LogP contribution in [-0.2, 0) is 4.79 Å². The molecule has 1 rings (SSSR count).